The highest BCUT2D eigenvalue weighted by Crippen LogP contribution is 2.26. The van der Waals surface area contributed by atoms with Crippen molar-refractivity contribution in [3.63, 3.8) is 0 Å². The first-order valence-electron chi connectivity index (χ1n) is 8.32. The molecule has 1 aliphatic heterocycles. The highest BCUT2D eigenvalue weighted by atomic mass is 32.2. The molecule has 0 aromatic heterocycles. The molecule has 0 unspecified atom stereocenters. The maximum Gasteiger partial charge on any atom is 0.317 e. The molecule has 2 N–H and O–H groups in total. The second-order valence-electron chi connectivity index (χ2n) is 6.27. The number of benzene rings is 1. The van der Waals surface area contributed by atoms with E-state index in [2.05, 4.69) is 5.32 Å². The summed E-state index contributed by atoms with van der Waals surface area (Å²) >= 11 is 0.466. The Morgan fingerprint density at radius 1 is 1.31 bits per heavy atom. The fourth-order valence-corrected chi connectivity index (χ4v) is 3.48. The lowest BCUT2D eigenvalue weighted by molar-refractivity contribution is -0.138. The number of rotatable bonds is 8. The molecule has 1 aromatic rings. The standard InChI is InChI=1S/C17H23F2N3O3S/c1-21(11-16(24)25)13-6-8-22(9-7-13)10-15(23)20-12-2-4-14(5-3-12)26-17(18)19/h2-5,13,17H,6-11H2,1H3,(H,20,23)(H,24,25). The molecule has 1 amide bonds. The number of carboxylic acids is 1. The Hall–Kier alpha value is -1.71. The third kappa shape index (κ3) is 6.89. The van der Waals surface area contributed by atoms with Crippen molar-refractivity contribution < 1.29 is 23.5 Å². The van der Waals surface area contributed by atoms with Crippen LogP contribution >= 0.6 is 11.8 Å². The van der Waals surface area contributed by atoms with Gasteiger partial charge in [0.25, 0.3) is 5.76 Å². The fourth-order valence-electron chi connectivity index (χ4n) is 2.98. The molecule has 1 heterocycles. The number of carbonyl (C=O) groups excluding carboxylic acids is 1. The molecule has 2 rings (SSSR count). The van der Waals surface area contributed by atoms with Crippen molar-refractivity contribution in [3.8, 4) is 0 Å². The number of nitrogens with zero attached hydrogens (tertiary/aromatic N) is 2. The minimum atomic E-state index is -2.46. The summed E-state index contributed by atoms with van der Waals surface area (Å²) in [4.78, 5) is 27.2. The number of thioether (sulfide) groups is 1. The number of aliphatic carboxylic acids is 1. The summed E-state index contributed by atoms with van der Waals surface area (Å²) in [5.74, 6) is -3.46. The molecule has 0 spiro atoms. The Kier molecular flexibility index (Phi) is 7.80. The molecule has 9 heteroatoms. The van der Waals surface area contributed by atoms with Crippen molar-refractivity contribution in [1.82, 2.24) is 9.80 Å². The Balaban J connectivity index is 1.74. The molecule has 0 saturated carbocycles. The minimum Gasteiger partial charge on any atom is -0.480 e. The molecule has 1 saturated heterocycles. The van der Waals surface area contributed by atoms with Gasteiger partial charge in [0.2, 0.25) is 5.91 Å². The van der Waals surface area contributed by atoms with Gasteiger partial charge in [0, 0.05) is 29.7 Å². The van der Waals surface area contributed by atoms with Crippen LogP contribution in [0.25, 0.3) is 0 Å². The molecule has 1 fully saturated rings. The molecule has 26 heavy (non-hydrogen) atoms. The predicted octanol–water partition coefficient (Wildman–Crippen LogP) is 2.42. The monoisotopic (exact) mass is 387 g/mol. The minimum absolute atomic E-state index is 0.0188. The number of carbonyl (C=O) groups is 2. The molecule has 0 radical (unpaired) electrons. The van der Waals surface area contributed by atoms with Crippen LogP contribution < -0.4 is 5.32 Å². The molecule has 6 nitrogen and oxygen atoms in total. The van der Waals surface area contributed by atoms with E-state index < -0.39 is 11.7 Å². The molecular formula is C17H23F2N3O3S. The Labute approximate surface area is 155 Å². The number of carboxylic acid groups (broad SMARTS) is 1. The van der Waals surface area contributed by atoms with E-state index in [1.807, 2.05) is 9.80 Å². The van der Waals surface area contributed by atoms with Gasteiger partial charge >= 0.3 is 5.97 Å². The lowest BCUT2D eigenvalue weighted by Crippen LogP contribution is -2.46. The molecule has 0 atom stereocenters. The van der Waals surface area contributed by atoms with Crippen LogP contribution in [-0.4, -0.2) is 71.8 Å². The summed E-state index contributed by atoms with van der Waals surface area (Å²) in [6.07, 6.45) is 1.63. The van der Waals surface area contributed by atoms with Crippen LogP contribution in [0, 0.1) is 0 Å². The smallest absolute Gasteiger partial charge is 0.317 e. The molecular weight excluding hydrogens is 364 g/mol. The lowest BCUT2D eigenvalue weighted by Gasteiger charge is -2.35. The zero-order valence-electron chi connectivity index (χ0n) is 14.5. The Morgan fingerprint density at radius 2 is 1.92 bits per heavy atom. The van der Waals surface area contributed by atoms with Crippen LogP contribution in [0.4, 0.5) is 14.5 Å². The van der Waals surface area contributed by atoms with Crippen molar-refractivity contribution in [3.05, 3.63) is 24.3 Å². The first-order valence-corrected chi connectivity index (χ1v) is 9.20. The van der Waals surface area contributed by atoms with E-state index in [1.165, 1.54) is 0 Å². The van der Waals surface area contributed by atoms with Gasteiger partial charge in [-0.1, -0.05) is 11.8 Å². The lowest BCUT2D eigenvalue weighted by atomic mass is 10.0. The molecule has 1 aliphatic rings. The summed E-state index contributed by atoms with van der Waals surface area (Å²) in [5.41, 5.74) is 0.574. The highest BCUT2D eigenvalue weighted by molar-refractivity contribution is 7.99. The predicted molar refractivity (Wildman–Crippen MR) is 96.7 cm³/mol. The normalized spacial score (nSPS) is 16.2. The number of amides is 1. The van der Waals surface area contributed by atoms with Crippen molar-refractivity contribution in [2.45, 2.75) is 29.5 Å². The van der Waals surface area contributed by atoms with Crippen LogP contribution in [-0.2, 0) is 9.59 Å². The summed E-state index contributed by atoms with van der Waals surface area (Å²) in [6, 6.07) is 6.53. The maximum absolute atomic E-state index is 12.3. The maximum atomic E-state index is 12.3. The third-order valence-electron chi connectivity index (χ3n) is 4.30. The average molecular weight is 387 g/mol. The van der Waals surface area contributed by atoms with E-state index >= 15 is 0 Å². The number of anilines is 1. The van der Waals surface area contributed by atoms with Crippen molar-refractivity contribution in [1.29, 1.82) is 0 Å². The van der Waals surface area contributed by atoms with Gasteiger partial charge in [0.1, 0.15) is 0 Å². The number of hydrogen-bond donors (Lipinski definition) is 2. The van der Waals surface area contributed by atoms with Gasteiger partial charge in [-0.2, -0.15) is 8.78 Å². The van der Waals surface area contributed by atoms with Crippen LogP contribution in [0.15, 0.2) is 29.2 Å². The van der Waals surface area contributed by atoms with Gasteiger partial charge in [0.05, 0.1) is 13.1 Å². The topological polar surface area (TPSA) is 72.9 Å². The van der Waals surface area contributed by atoms with Crippen LogP contribution in [0.1, 0.15) is 12.8 Å². The number of alkyl halides is 2. The Bertz CT molecular complexity index is 608. The van der Waals surface area contributed by atoms with E-state index in [1.54, 1.807) is 31.3 Å². The van der Waals surface area contributed by atoms with Gasteiger partial charge in [-0.3, -0.25) is 19.4 Å². The quantitative estimate of drug-likeness (QED) is 0.668. The second kappa shape index (κ2) is 9.84. The molecule has 0 aliphatic carbocycles. The second-order valence-corrected chi connectivity index (χ2v) is 7.33. The zero-order valence-corrected chi connectivity index (χ0v) is 15.3. The van der Waals surface area contributed by atoms with Crippen LogP contribution in [0.2, 0.25) is 0 Å². The largest absolute Gasteiger partial charge is 0.480 e. The van der Waals surface area contributed by atoms with Gasteiger partial charge in [-0.15, -0.1) is 0 Å². The van der Waals surface area contributed by atoms with Gasteiger partial charge in [-0.25, -0.2) is 0 Å². The fraction of sp³-hybridized carbons (Fsp3) is 0.529. The number of hydrogen-bond acceptors (Lipinski definition) is 5. The van der Waals surface area contributed by atoms with Crippen LogP contribution in [0.3, 0.4) is 0 Å². The third-order valence-corrected chi connectivity index (χ3v) is 5.02. The number of nitrogens with one attached hydrogen (secondary N) is 1. The molecule has 1 aromatic carbocycles. The SMILES string of the molecule is CN(CC(=O)O)C1CCN(CC(=O)Nc2ccc(SC(F)F)cc2)CC1. The van der Waals surface area contributed by atoms with Crippen molar-refractivity contribution in [2.24, 2.45) is 0 Å². The van der Waals surface area contributed by atoms with Crippen molar-refractivity contribution >= 4 is 29.3 Å². The summed E-state index contributed by atoms with van der Waals surface area (Å²) < 4.78 is 24.6. The average Bonchev–Trinajstić information content (AvgIpc) is 2.56. The first kappa shape index (κ1) is 20.6. The number of likely N-dealkylation sites (N-methyl/N-ethyl adjacent to an activating group) is 1. The van der Waals surface area contributed by atoms with Crippen LogP contribution in [0.5, 0.6) is 0 Å². The van der Waals surface area contributed by atoms with Gasteiger partial charge in [0.15, 0.2) is 0 Å². The van der Waals surface area contributed by atoms with Gasteiger partial charge in [-0.05, 0) is 44.2 Å². The van der Waals surface area contributed by atoms with E-state index in [-0.39, 0.29) is 25.0 Å². The number of halogens is 2. The zero-order chi connectivity index (χ0) is 19.1. The van der Waals surface area contributed by atoms with Gasteiger partial charge < -0.3 is 10.4 Å². The highest BCUT2D eigenvalue weighted by Gasteiger charge is 2.24. The van der Waals surface area contributed by atoms with E-state index in [4.69, 9.17) is 5.11 Å². The van der Waals surface area contributed by atoms with Crippen molar-refractivity contribution in [2.75, 3.05) is 38.5 Å². The summed E-state index contributed by atoms with van der Waals surface area (Å²) in [5, 5.41) is 11.6. The molecule has 144 valence electrons. The number of piperidine rings is 1. The Morgan fingerprint density at radius 3 is 2.46 bits per heavy atom. The first-order chi connectivity index (χ1) is 12.3. The summed E-state index contributed by atoms with van der Waals surface area (Å²) in [7, 11) is 1.80. The van der Waals surface area contributed by atoms with E-state index in [0.717, 1.165) is 25.9 Å². The van der Waals surface area contributed by atoms with E-state index in [9.17, 15) is 18.4 Å². The van der Waals surface area contributed by atoms with E-state index in [0.29, 0.717) is 22.3 Å². The summed E-state index contributed by atoms with van der Waals surface area (Å²) in [6.45, 7) is 1.73. The number of likely N-dealkylation sites (tertiary alicyclic amines) is 1. The molecule has 0 bridgehead atoms.